The molecule has 6 nitrogen and oxygen atoms in total. The summed E-state index contributed by atoms with van der Waals surface area (Å²) in [6.45, 7) is 0. The monoisotopic (exact) mass is 515 g/mol. The van der Waals surface area contributed by atoms with E-state index in [0.29, 0.717) is 5.69 Å². The molecule has 1 fully saturated rings. The van der Waals surface area contributed by atoms with E-state index in [9.17, 15) is 18.0 Å². The first-order chi connectivity index (χ1) is 18.2. The number of pyridine rings is 1. The minimum absolute atomic E-state index is 0.00983. The summed E-state index contributed by atoms with van der Waals surface area (Å²) in [5.74, 6) is 0.0122. The number of nitrogens with zero attached hydrogens (tertiary/aromatic N) is 2. The van der Waals surface area contributed by atoms with Crippen LogP contribution in [0, 0.1) is 0 Å². The van der Waals surface area contributed by atoms with Crippen LogP contribution in [0.1, 0.15) is 24.0 Å². The molecule has 1 heterocycles. The second-order valence-corrected chi connectivity index (χ2v) is 9.05. The van der Waals surface area contributed by atoms with E-state index in [1.807, 2.05) is 54.6 Å². The van der Waals surface area contributed by atoms with Crippen molar-refractivity contribution in [1.82, 2.24) is 4.98 Å². The van der Waals surface area contributed by atoms with Crippen LogP contribution in [0.15, 0.2) is 102 Å². The van der Waals surface area contributed by atoms with Crippen molar-refractivity contribution < 1.29 is 18.0 Å². The minimum atomic E-state index is -4.52. The number of guanidine groups is 1. The number of hydrogen-bond donors (Lipinski definition) is 3. The Balaban J connectivity index is 1.24. The Morgan fingerprint density at radius 3 is 2.13 bits per heavy atom. The van der Waals surface area contributed by atoms with Gasteiger partial charge in [0.1, 0.15) is 0 Å². The lowest BCUT2D eigenvalue weighted by Gasteiger charge is -2.16. The Hall–Kier alpha value is -4.66. The third-order valence-corrected chi connectivity index (χ3v) is 6.47. The van der Waals surface area contributed by atoms with Gasteiger partial charge < -0.3 is 16.4 Å². The molecule has 0 radical (unpaired) electrons. The molecule has 38 heavy (non-hydrogen) atoms. The molecule has 1 amide bonds. The second kappa shape index (κ2) is 10.0. The van der Waals surface area contributed by atoms with Gasteiger partial charge in [0.15, 0.2) is 11.8 Å². The maximum absolute atomic E-state index is 13.2. The van der Waals surface area contributed by atoms with Gasteiger partial charge in [0.2, 0.25) is 5.91 Å². The van der Waals surface area contributed by atoms with Crippen LogP contribution in [0.2, 0.25) is 0 Å². The molecule has 0 aliphatic heterocycles. The van der Waals surface area contributed by atoms with E-state index in [1.54, 1.807) is 18.3 Å². The molecule has 0 atom stereocenters. The van der Waals surface area contributed by atoms with Crippen molar-refractivity contribution in [2.24, 2.45) is 10.7 Å². The van der Waals surface area contributed by atoms with Crippen molar-refractivity contribution in [2.75, 3.05) is 10.6 Å². The van der Waals surface area contributed by atoms with Crippen LogP contribution >= 0.6 is 0 Å². The molecule has 0 spiro atoms. The van der Waals surface area contributed by atoms with E-state index in [-0.39, 0.29) is 23.4 Å². The number of para-hydroxylation sites is 1. The summed E-state index contributed by atoms with van der Waals surface area (Å²) in [5.41, 5.74) is 7.75. The van der Waals surface area contributed by atoms with E-state index in [0.717, 1.165) is 35.6 Å². The number of aliphatic imine (C=N–C) groups is 1. The lowest BCUT2D eigenvalue weighted by molar-refractivity contribution is -0.136. The van der Waals surface area contributed by atoms with Crippen LogP contribution in [-0.2, 0) is 16.4 Å². The molecule has 0 bridgehead atoms. The summed E-state index contributed by atoms with van der Waals surface area (Å²) in [6, 6.07) is 25.6. The highest BCUT2D eigenvalue weighted by molar-refractivity contribution is 6.01. The zero-order valence-electron chi connectivity index (χ0n) is 20.2. The number of carbonyl (C=O) groups excluding carboxylic acids is 1. The largest absolute Gasteiger partial charge is 0.418 e. The minimum Gasteiger partial charge on any atom is -0.369 e. The molecule has 9 heteroatoms. The number of benzene rings is 3. The first-order valence-electron chi connectivity index (χ1n) is 12.0. The molecule has 4 N–H and O–H groups in total. The third-order valence-electron chi connectivity index (χ3n) is 6.47. The first kappa shape index (κ1) is 25.0. The normalized spacial score (nSPS) is 14.6. The molecule has 1 aliphatic rings. The maximum Gasteiger partial charge on any atom is 0.418 e. The Morgan fingerprint density at radius 2 is 1.50 bits per heavy atom. The fourth-order valence-electron chi connectivity index (χ4n) is 4.28. The quantitative estimate of drug-likeness (QED) is 0.202. The SMILES string of the molecule is NC(=Nc1ccc(-c2ccc(NC(=O)C3(c4ccccc4)CC3)cc2)cn1)Nc1ccccc1C(F)(F)F. The van der Waals surface area contributed by atoms with E-state index in [4.69, 9.17) is 5.73 Å². The number of hydrogen-bond acceptors (Lipinski definition) is 3. The van der Waals surface area contributed by atoms with Crippen LogP contribution in [0.4, 0.5) is 30.4 Å². The number of alkyl halides is 3. The van der Waals surface area contributed by atoms with Crippen LogP contribution in [0.5, 0.6) is 0 Å². The molecule has 1 aliphatic carbocycles. The van der Waals surface area contributed by atoms with E-state index < -0.39 is 17.2 Å². The summed E-state index contributed by atoms with van der Waals surface area (Å²) in [7, 11) is 0. The fraction of sp³-hybridized carbons (Fsp3) is 0.138. The van der Waals surface area contributed by atoms with Crippen molar-refractivity contribution in [2.45, 2.75) is 24.4 Å². The van der Waals surface area contributed by atoms with Crippen molar-refractivity contribution in [3.05, 3.63) is 108 Å². The molecular weight excluding hydrogens is 491 g/mol. The summed E-state index contributed by atoms with van der Waals surface area (Å²) in [5, 5.41) is 5.51. The molecule has 0 unspecified atom stereocenters. The van der Waals surface area contributed by atoms with Gasteiger partial charge in [-0.3, -0.25) is 4.79 Å². The third kappa shape index (κ3) is 5.36. The Kier molecular flexibility index (Phi) is 6.59. The Morgan fingerprint density at radius 1 is 0.842 bits per heavy atom. The van der Waals surface area contributed by atoms with Gasteiger partial charge in [-0.15, -0.1) is 0 Å². The number of amides is 1. The standard InChI is InChI=1S/C29H24F3N5O/c30-29(31,32)23-8-4-5-9-24(23)36-27(33)37-25-15-12-20(18-34-25)19-10-13-22(14-11-19)35-26(38)28(16-17-28)21-6-2-1-3-7-21/h1-15,18H,16-17H2,(H,35,38)(H3,33,34,36,37). The summed E-state index contributed by atoms with van der Waals surface area (Å²) < 4.78 is 39.6. The van der Waals surface area contributed by atoms with Gasteiger partial charge in [-0.1, -0.05) is 54.6 Å². The van der Waals surface area contributed by atoms with Crippen LogP contribution in [0.3, 0.4) is 0 Å². The van der Waals surface area contributed by atoms with Crippen LogP contribution in [0.25, 0.3) is 11.1 Å². The molecule has 5 rings (SSSR count). The van der Waals surface area contributed by atoms with Gasteiger partial charge in [-0.2, -0.15) is 18.2 Å². The van der Waals surface area contributed by atoms with Gasteiger partial charge in [-0.25, -0.2) is 4.98 Å². The van der Waals surface area contributed by atoms with Crippen molar-refractivity contribution in [1.29, 1.82) is 0 Å². The highest BCUT2D eigenvalue weighted by Crippen LogP contribution is 2.49. The van der Waals surface area contributed by atoms with Crippen molar-refractivity contribution in [3.63, 3.8) is 0 Å². The number of halogens is 3. The van der Waals surface area contributed by atoms with Gasteiger partial charge in [0.25, 0.3) is 0 Å². The predicted molar refractivity (Wildman–Crippen MR) is 142 cm³/mol. The average molecular weight is 516 g/mol. The van der Waals surface area contributed by atoms with Crippen LogP contribution in [-0.4, -0.2) is 16.9 Å². The number of rotatable bonds is 6. The predicted octanol–water partition coefficient (Wildman–Crippen LogP) is 6.50. The average Bonchev–Trinajstić information content (AvgIpc) is 3.72. The van der Waals surface area contributed by atoms with E-state index in [2.05, 4.69) is 20.6 Å². The summed E-state index contributed by atoms with van der Waals surface area (Å²) in [6.07, 6.45) is -1.27. The van der Waals surface area contributed by atoms with Gasteiger partial charge in [0, 0.05) is 17.4 Å². The number of aromatic nitrogens is 1. The van der Waals surface area contributed by atoms with E-state index in [1.165, 1.54) is 18.2 Å². The molecule has 1 aromatic heterocycles. The first-order valence-corrected chi connectivity index (χ1v) is 12.0. The fourth-order valence-corrected chi connectivity index (χ4v) is 4.28. The summed E-state index contributed by atoms with van der Waals surface area (Å²) in [4.78, 5) is 21.3. The molecule has 192 valence electrons. The van der Waals surface area contributed by atoms with Crippen molar-refractivity contribution >= 4 is 29.1 Å². The molecule has 0 saturated heterocycles. The topological polar surface area (TPSA) is 92.4 Å². The molecular formula is C29H24F3N5O. The number of carbonyl (C=O) groups is 1. The lowest BCUT2D eigenvalue weighted by Crippen LogP contribution is -2.27. The zero-order chi connectivity index (χ0) is 26.8. The highest BCUT2D eigenvalue weighted by atomic mass is 19.4. The summed E-state index contributed by atoms with van der Waals surface area (Å²) >= 11 is 0. The smallest absolute Gasteiger partial charge is 0.369 e. The van der Waals surface area contributed by atoms with Crippen LogP contribution < -0.4 is 16.4 Å². The van der Waals surface area contributed by atoms with Gasteiger partial charge in [-0.05, 0) is 60.4 Å². The van der Waals surface area contributed by atoms with Gasteiger partial charge >= 0.3 is 6.18 Å². The van der Waals surface area contributed by atoms with Crippen molar-refractivity contribution in [3.8, 4) is 11.1 Å². The lowest BCUT2D eigenvalue weighted by atomic mass is 9.95. The molecule has 4 aromatic rings. The zero-order valence-corrected chi connectivity index (χ0v) is 20.2. The Labute approximate surface area is 217 Å². The number of nitrogens with one attached hydrogen (secondary N) is 2. The Bertz CT molecular complexity index is 1460. The van der Waals surface area contributed by atoms with E-state index >= 15 is 0 Å². The maximum atomic E-state index is 13.2. The number of anilines is 2. The second-order valence-electron chi connectivity index (χ2n) is 9.05. The van der Waals surface area contributed by atoms with Gasteiger partial charge in [0.05, 0.1) is 16.7 Å². The highest BCUT2D eigenvalue weighted by Gasteiger charge is 2.51. The molecule has 1 saturated carbocycles. The number of nitrogens with two attached hydrogens (primary N) is 1. The molecule has 3 aromatic carbocycles.